The van der Waals surface area contributed by atoms with Crippen molar-refractivity contribution < 1.29 is 4.74 Å². The number of hydrogen-bond donors (Lipinski definition) is 0. The molecular weight excluding hydrogens is 290 g/mol. The number of methoxy groups -OCH3 is 1. The molecule has 0 amide bonds. The average Bonchev–Trinajstić information content (AvgIpc) is 2.93. The van der Waals surface area contributed by atoms with E-state index in [-0.39, 0.29) is 0 Å². The Morgan fingerprint density at radius 1 is 1.43 bits per heavy atom. The quantitative estimate of drug-likeness (QED) is 0.811. The van der Waals surface area contributed by atoms with Crippen LogP contribution in [0.1, 0.15) is 31.6 Å². The highest BCUT2D eigenvalue weighted by molar-refractivity contribution is 6.16. The van der Waals surface area contributed by atoms with E-state index < -0.39 is 0 Å². The van der Waals surface area contributed by atoms with E-state index in [0.717, 1.165) is 37.5 Å². The van der Waals surface area contributed by atoms with Crippen molar-refractivity contribution in [2.45, 2.75) is 31.7 Å². The van der Waals surface area contributed by atoms with E-state index in [0.29, 0.717) is 23.3 Å². The summed E-state index contributed by atoms with van der Waals surface area (Å²) in [6, 6.07) is 0.358. The molecule has 0 bridgehead atoms. The lowest BCUT2D eigenvalue weighted by Crippen LogP contribution is -2.36. The van der Waals surface area contributed by atoms with Crippen LogP contribution >= 0.6 is 11.6 Å². The van der Waals surface area contributed by atoms with Gasteiger partial charge in [-0.25, -0.2) is 9.97 Å². The van der Waals surface area contributed by atoms with Gasteiger partial charge in [-0.3, -0.25) is 0 Å². The molecule has 0 N–H and O–H groups in total. The minimum Gasteiger partial charge on any atom is -0.479 e. The molecule has 0 aliphatic carbocycles. The lowest BCUT2D eigenvalue weighted by Gasteiger charge is -2.33. The van der Waals surface area contributed by atoms with Crippen molar-refractivity contribution in [3.8, 4) is 5.88 Å². The number of likely N-dealkylation sites (tertiary alicyclic amines) is 1. The van der Waals surface area contributed by atoms with Crippen LogP contribution in [0.2, 0.25) is 0 Å². The molecule has 7 heteroatoms. The van der Waals surface area contributed by atoms with Gasteiger partial charge in [-0.05, 0) is 25.9 Å². The van der Waals surface area contributed by atoms with Crippen LogP contribution in [-0.2, 0) is 5.88 Å². The van der Waals surface area contributed by atoms with Gasteiger partial charge in [-0.15, -0.1) is 11.6 Å². The first-order valence-electron chi connectivity index (χ1n) is 7.32. The van der Waals surface area contributed by atoms with E-state index in [1.807, 2.05) is 0 Å². The van der Waals surface area contributed by atoms with Gasteiger partial charge < -0.3 is 14.2 Å². The molecule has 1 aliphatic rings. The number of ether oxygens (including phenoxy) is 1. The maximum atomic E-state index is 6.10. The number of aromatic nitrogens is 4. The molecule has 1 aliphatic heterocycles. The molecule has 1 unspecified atom stereocenters. The molecule has 0 saturated carbocycles. The fraction of sp³-hybridized carbons (Fsp3) is 0.643. The van der Waals surface area contributed by atoms with Gasteiger partial charge >= 0.3 is 0 Å². The first kappa shape index (κ1) is 14.5. The van der Waals surface area contributed by atoms with Gasteiger partial charge in [0.25, 0.3) is 0 Å². The van der Waals surface area contributed by atoms with Gasteiger partial charge in [0.1, 0.15) is 12.2 Å². The van der Waals surface area contributed by atoms with Crippen LogP contribution < -0.4 is 4.74 Å². The zero-order valence-electron chi connectivity index (χ0n) is 12.4. The van der Waals surface area contributed by atoms with Gasteiger partial charge in [-0.2, -0.15) is 4.98 Å². The first-order chi connectivity index (χ1) is 10.3. The Bertz CT molecular complexity index is 629. The van der Waals surface area contributed by atoms with Gasteiger partial charge in [0.15, 0.2) is 11.2 Å². The summed E-state index contributed by atoms with van der Waals surface area (Å²) in [5.74, 6) is 1.71. The Kier molecular flexibility index (Phi) is 4.26. The summed E-state index contributed by atoms with van der Waals surface area (Å²) in [7, 11) is 1.60. The van der Waals surface area contributed by atoms with Gasteiger partial charge in [0, 0.05) is 12.6 Å². The molecule has 6 nitrogen and oxygen atoms in total. The Morgan fingerprint density at radius 2 is 2.29 bits per heavy atom. The molecule has 114 valence electrons. The number of rotatable bonds is 4. The van der Waals surface area contributed by atoms with Crippen molar-refractivity contribution in [1.29, 1.82) is 0 Å². The highest BCUT2D eigenvalue weighted by Crippen LogP contribution is 2.30. The van der Waals surface area contributed by atoms with Crippen molar-refractivity contribution in [2.24, 2.45) is 0 Å². The molecule has 1 saturated heterocycles. The largest absolute Gasteiger partial charge is 0.479 e. The van der Waals surface area contributed by atoms with E-state index in [4.69, 9.17) is 16.3 Å². The topological polar surface area (TPSA) is 56.1 Å². The van der Waals surface area contributed by atoms with Gasteiger partial charge in [0.2, 0.25) is 5.88 Å². The summed E-state index contributed by atoms with van der Waals surface area (Å²) in [5.41, 5.74) is 1.52. The van der Waals surface area contributed by atoms with Crippen LogP contribution in [0.4, 0.5) is 0 Å². The minimum absolute atomic E-state index is 0.358. The van der Waals surface area contributed by atoms with Gasteiger partial charge in [0.05, 0.1) is 13.0 Å². The molecule has 2 aromatic rings. The second-order valence-electron chi connectivity index (χ2n) is 5.28. The average molecular weight is 310 g/mol. The van der Waals surface area contributed by atoms with E-state index in [9.17, 15) is 0 Å². The lowest BCUT2D eigenvalue weighted by atomic mass is 10.1. The molecule has 1 atom stereocenters. The van der Waals surface area contributed by atoms with Gasteiger partial charge in [-0.1, -0.05) is 6.92 Å². The molecular formula is C14H20ClN5O. The lowest BCUT2D eigenvalue weighted by molar-refractivity contribution is 0.185. The number of likely N-dealkylation sites (N-methyl/N-ethyl adjacent to an activating group) is 1. The molecule has 2 aromatic heterocycles. The second kappa shape index (κ2) is 6.15. The number of imidazole rings is 1. The summed E-state index contributed by atoms with van der Waals surface area (Å²) in [4.78, 5) is 15.6. The first-order valence-corrected chi connectivity index (χ1v) is 7.86. The van der Waals surface area contributed by atoms with E-state index in [1.165, 1.54) is 12.7 Å². The van der Waals surface area contributed by atoms with Crippen LogP contribution in [0.25, 0.3) is 11.2 Å². The van der Waals surface area contributed by atoms with Crippen molar-refractivity contribution in [2.75, 3.05) is 26.7 Å². The Morgan fingerprint density at radius 3 is 3.00 bits per heavy atom. The zero-order valence-corrected chi connectivity index (χ0v) is 13.2. The fourth-order valence-corrected chi connectivity index (χ4v) is 3.28. The molecule has 3 rings (SSSR count). The number of nitrogens with zero attached hydrogens (tertiary/aromatic N) is 5. The third-order valence-corrected chi connectivity index (χ3v) is 4.36. The number of piperidine rings is 1. The summed E-state index contributed by atoms with van der Waals surface area (Å²) < 4.78 is 7.46. The predicted octanol–water partition coefficient (Wildman–Crippen LogP) is 2.23. The predicted molar refractivity (Wildman–Crippen MR) is 81.8 cm³/mol. The number of hydrogen-bond acceptors (Lipinski definition) is 5. The number of alkyl halides is 1. The number of fused-ring (bicyclic) bond motifs is 1. The maximum absolute atomic E-state index is 6.10. The van der Waals surface area contributed by atoms with E-state index in [1.54, 1.807) is 7.11 Å². The van der Waals surface area contributed by atoms with Crippen LogP contribution in [0.15, 0.2) is 6.33 Å². The molecule has 3 heterocycles. The third-order valence-electron chi connectivity index (χ3n) is 4.12. The Labute approximate surface area is 129 Å². The molecule has 1 fully saturated rings. The summed E-state index contributed by atoms with van der Waals surface area (Å²) in [5, 5.41) is 0. The summed E-state index contributed by atoms with van der Waals surface area (Å²) in [6.45, 7) is 5.44. The van der Waals surface area contributed by atoms with Crippen LogP contribution in [0.3, 0.4) is 0 Å². The minimum atomic E-state index is 0.358. The third kappa shape index (κ3) is 2.58. The summed E-state index contributed by atoms with van der Waals surface area (Å²) in [6.07, 6.45) is 3.83. The van der Waals surface area contributed by atoms with Crippen LogP contribution in [0.5, 0.6) is 5.88 Å². The van der Waals surface area contributed by atoms with Crippen LogP contribution in [0, 0.1) is 0 Å². The standard InChI is InChI=1S/C14H20ClN5O/c1-3-19-6-4-5-10(8-19)20-11(7-15)18-12-13(20)16-9-17-14(12)21-2/h9-10H,3-8H2,1-2H3. The van der Waals surface area contributed by atoms with Crippen LogP contribution in [-0.4, -0.2) is 51.2 Å². The Hall–Kier alpha value is -1.40. The molecule has 0 radical (unpaired) electrons. The zero-order chi connectivity index (χ0) is 14.8. The molecule has 21 heavy (non-hydrogen) atoms. The highest BCUT2D eigenvalue weighted by Gasteiger charge is 2.26. The van der Waals surface area contributed by atoms with Crippen molar-refractivity contribution in [3.05, 3.63) is 12.2 Å². The highest BCUT2D eigenvalue weighted by atomic mass is 35.5. The van der Waals surface area contributed by atoms with E-state index >= 15 is 0 Å². The van der Waals surface area contributed by atoms with Crippen molar-refractivity contribution in [3.63, 3.8) is 0 Å². The smallest absolute Gasteiger partial charge is 0.245 e. The van der Waals surface area contributed by atoms with E-state index in [2.05, 4.69) is 31.3 Å². The molecule has 0 spiro atoms. The second-order valence-corrected chi connectivity index (χ2v) is 5.54. The summed E-state index contributed by atoms with van der Waals surface area (Å²) >= 11 is 6.10. The van der Waals surface area contributed by atoms with Crippen molar-refractivity contribution >= 4 is 22.8 Å². The Balaban J connectivity index is 2.08. The number of halogens is 1. The monoisotopic (exact) mass is 309 g/mol. The molecule has 0 aromatic carbocycles. The fourth-order valence-electron chi connectivity index (χ4n) is 3.09. The normalized spacial score (nSPS) is 20.0. The van der Waals surface area contributed by atoms with Crippen molar-refractivity contribution in [1.82, 2.24) is 24.4 Å². The SMILES string of the molecule is CCN1CCCC(n2c(CCl)nc3c(OC)ncnc32)C1. The maximum Gasteiger partial charge on any atom is 0.245 e.